The van der Waals surface area contributed by atoms with E-state index >= 15 is 0 Å². The molecular weight excluding hydrogens is 266 g/mol. The highest BCUT2D eigenvalue weighted by Gasteiger charge is 2.16. The summed E-state index contributed by atoms with van der Waals surface area (Å²) in [5.41, 5.74) is 4.51. The van der Waals surface area contributed by atoms with Gasteiger partial charge in [-0.25, -0.2) is 9.78 Å². The molecule has 0 aliphatic rings. The van der Waals surface area contributed by atoms with Gasteiger partial charge in [-0.3, -0.25) is 0 Å². The second kappa shape index (κ2) is 5.09. The van der Waals surface area contributed by atoms with Gasteiger partial charge in [0.15, 0.2) is 0 Å². The lowest BCUT2D eigenvalue weighted by Crippen LogP contribution is -2.09. The average molecular weight is 283 g/mol. The molecule has 0 aliphatic heterocycles. The quantitative estimate of drug-likeness (QED) is 0.751. The summed E-state index contributed by atoms with van der Waals surface area (Å²) in [5, 5.41) is 0. The zero-order valence-electron chi connectivity index (χ0n) is 12.3. The van der Waals surface area contributed by atoms with Crippen molar-refractivity contribution in [2.75, 3.05) is 6.61 Å². The van der Waals surface area contributed by atoms with E-state index in [2.05, 4.69) is 14.4 Å². The molecule has 5 heteroatoms. The molecular formula is C16H17N3O2. The first-order valence-corrected chi connectivity index (χ1v) is 6.91. The van der Waals surface area contributed by atoms with Crippen LogP contribution in [0.1, 0.15) is 28.5 Å². The van der Waals surface area contributed by atoms with Crippen molar-refractivity contribution in [2.24, 2.45) is 0 Å². The lowest BCUT2D eigenvalue weighted by Gasteiger charge is -2.10. The van der Waals surface area contributed by atoms with E-state index in [1.807, 2.05) is 39.1 Å². The van der Waals surface area contributed by atoms with Gasteiger partial charge in [-0.2, -0.15) is 0 Å². The van der Waals surface area contributed by atoms with E-state index in [0.29, 0.717) is 12.2 Å². The number of ether oxygens (including phenoxy) is 1. The lowest BCUT2D eigenvalue weighted by molar-refractivity contribution is 0.0525. The molecule has 1 N–H and O–H groups in total. The third kappa shape index (κ3) is 2.20. The minimum atomic E-state index is -0.277. The second-order valence-corrected chi connectivity index (χ2v) is 4.95. The molecule has 0 saturated carbocycles. The SMILES string of the molecule is CCOC(=O)c1cc2cc(-c3ncc[nH]3)cn2c(C)c1C. The van der Waals surface area contributed by atoms with Crippen molar-refractivity contribution < 1.29 is 9.53 Å². The normalized spacial score (nSPS) is 11.0. The number of imidazole rings is 1. The minimum Gasteiger partial charge on any atom is -0.462 e. The number of esters is 1. The smallest absolute Gasteiger partial charge is 0.338 e. The van der Waals surface area contributed by atoms with Gasteiger partial charge in [-0.05, 0) is 38.5 Å². The Labute approximate surface area is 122 Å². The summed E-state index contributed by atoms with van der Waals surface area (Å²) in [4.78, 5) is 19.4. The fourth-order valence-corrected chi connectivity index (χ4v) is 2.49. The topological polar surface area (TPSA) is 59.4 Å². The molecule has 0 amide bonds. The number of rotatable bonds is 3. The van der Waals surface area contributed by atoms with Crippen molar-refractivity contribution in [3.05, 3.63) is 47.5 Å². The number of hydrogen-bond acceptors (Lipinski definition) is 3. The Bertz CT molecular complexity index is 801. The Balaban J connectivity index is 2.17. The molecule has 0 aromatic carbocycles. The Morgan fingerprint density at radius 2 is 2.19 bits per heavy atom. The van der Waals surface area contributed by atoms with Crippen molar-refractivity contribution in [2.45, 2.75) is 20.8 Å². The van der Waals surface area contributed by atoms with Crippen LogP contribution < -0.4 is 0 Å². The molecule has 0 bridgehead atoms. The molecule has 0 atom stereocenters. The van der Waals surface area contributed by atoms with Gasteiger partial charge in [0, 0.05) is 35.4 Å². The minimum absolute atomic E-state index is 0.277. The zero-order chi connectivity index (χ0) is 15.0. The van der Waals surface area contributed by atoms with Crippen LogP contribution in [-0.4, -0.2) is 26.9 Å². The summed E-state index contributed by atoms with van der Waals surface area (Å²) >= 11 is 0. The van der Waals surface area contributed by atoms with Crippen LogP contribution in [0.2, 0.25) is 0 Å². The van der Waals surface area contributed by atoms with Gasteiger partial charge in [0.25, 0.3) is 0 Å². The molecule has 108 valence electrons. The summed E-state index contributed by atoms with van der Waals surface area (Å²) in [6.07, 6.45) is 5.53. The number of fused-ring (bicyclic) bond motifs is 1. The average Bonchev–Trinajstić information content (AvgIpc) is 3.11. The maximum absolute atomic E-state index is 12.0. The second-order valence-electron chi connectivity index (χ2n) is 4.95. The molecule has 0 fully saturated rings. The van der Waals surface area contributed by atoms with Crippen molar-refractivity contribution in [1.29, 1.82) is 0 Å². The third-order valence-electron chi connectivity index (χ3n) is 3.72. The van der Waals surface area contributed by atoms with Crippen LogP contribution in [0.4, 0.5) is 0 Å². The molecule has 0 unspecified atom stereocenters. The largest absolute Gasteiger partial charge is 0.462 e. The van der Waals surface area contributed by atoms with Crippen LogP contribution in [0.5, 0.6) is 0 Å². The van der Waals surface area contributed by atoms with Crippen LogP contribution in [0.15, 0.2) is 30.7 Å². The maximum atomic E-state index is 12.0. The highest BCUT2D eigenvalue weighted by atomic mass is 16.5. The van der Waals surface area contributed by atoms with E-state index in [1.165, 1.54) is 0 Å². The number of aromatic amines is 1. The Kier molecular flexibility index (Phi) is 3.25. The predicted octanol–water partition coefficient (Wildman–Crippen LogP) is 3.12. The predicted molar refractivity (Wildman–Crippen MR) is 80.4 cm³/mol. The monoisotopic (exact) mass is 283 g/mol. The zero-order valence-corrected chi connectivity index (χ0v) is 12.3. The first-order chi connectivity index (χ1) is 10.1. The van der Waals surface area contributed by atoms with E-state index in [1.54, 1.807) is 12.4 Å². The van der Waals surface area contributed by atoms with Gasteiger partial charge in [-0.15, -0.1) is 0 Å². The number of aryl methyl sites for hydroxylation is 1. The van der Waals surface area contributed by atoms with E-state index in [4.69, 9.17) is 4.74 Å². The highest BCUT2D eigenvalue weighted by Crippen LogP contribution is 2.24. The first kappa shape index (κ1) is 13.4. The third-order valence-corrected chi connectivity index (χ3v) is 3.72. The van der Waals surface area contributed by atoms with Gasteiger partial charge >= 0.3 is 5.97 Å². The van der Waals surface area contributed by atoms with Gasteiger partial charge in [0.2, 0.25) is 0 Å². The van der Waals surface area contributed by atoms with E-state index in [0.717, 1.165) is 28.2 Å². The molecule has 3 rings (SSSR count). The molecule has 0 aliphatic carbocycles. The molecule has 0 spiro atoms. The number of carbonyl (C=O) groups is 1. The fourth-order valence-electron chi connectivity index (χ4n) is 2.49. The molecule has 3 heterocycles. The van der Waals surface area contributed by atoms with Crippen LogP contribution in [-0.2, 0) is 4.74 Å². The van der Waals surface area contributed by atoms with E-state index < -0.39 is 0 Å². The molecule has 3 aromatic heterocycles. The maximum Gasteiger partial charge on any atom is 0.338 e. The lowest BCUT2D eigenvalue weighted by atomic mass is 10.1. The Morgan fingerprint density at radius 1 is 1.38 bits per heavy atom. The number of nitrogens with zero attached hydrogens (tertiary/aromatic N) is 2. The van der Waals surface area contributed by atoms with Gasteiger partial charge < -0.3 is 14.1 Å². The number of pyridine rings is 1. The van der Waals surface area contributed by atoms with Crippen molar-refractivity contribution in [3.63, 3.8) is 0 Å². The first-order valence-electron chi connectivity index (χ1n) is 6.91. The number of nitrogens with one attached hydrogen (secondary N) is 1. The van der Waals surface area contributed by atoms with Crippen LogP contribution in [0, 0.1) is 13.8 Å². The Hall–Kier alpha value is -2.56. The molecule has 0 saturated heterocycles. The van der Waals surface area contributed by atoms with Crippen molar-refractivity contribution >= 4 is 11.5 Å². The van der Waals surface area contributed by atoms with Gasteiger partial charge in [0.05, 0.1) is 12.2 Å². The number of H-pyrrole nitrogens is 1. The van der Waals surface area contributed by atoms with Crippen LogP contribution in [0.25, 0.3) is 16.9 Å². The van der Waals surface area contributed by atoms with Crippen LogP contribution >= 0.6 is 0 Å². The van der Waals surface area contributed by atoms with Crippen molar-refractivity contribution in [3.8, 4) is 11.4 Å². The summed E-state index contributed by atoms with van der Waals surface area (Å²) in [7, 11) is 0. The Morgan fingerprint density at radius 3 is 2.86 bits per heavy atom. The summed E-state index contributed by atoms with van der Waals surface area (Å²) < 4.78 is 7.19. The summed E-state index contributed by atoms with van der Waals surface area (Å²) in [6, 6.07) is 3.88. The standard InChI is InChI=1S/C16H17N3O2/c1-4-21-16(20)14-8-13-7-12(15-17-5-6-18-15)9-19(13)11(3)10(14)2/h5-9H,4H2,1-3H3,(H,17,18). The molecule has 21 heavy (non-hydrogen) atoms. The summed E-state index contributed by atoms with van der Waals surface area (Å²) in [5.74, 6) is 0.537. The summed E-state index contributed by atoms with van der Waals surface area (Å²) in [6.45, 7) is 6.12. The van der Waals surface area contributed by atoms with E-state index in [-0.39, 0.29) is 5.97 Å². The fraction of sp³-hybridized carbons (Fsp3) is 0.250. The van der Waals surface area contributed by atoms with Crippen molar-refractivity contribution in [1.82, 2.24) is 14.4 Å². The number of carbonyl (C=O) groups excluding carboxylic acids is 1. The van der Waals surface area contributed by atoms with Crippen LogP contribution in [0.3, 0.4) is 0 Å². The van der Waals surface area contributed by atoms with Gasteiger partial charge in [-0.1, -0.05) is 0 Å². The highest BCUT2D eigenvalue weighted by molar-refractivity contribution is 5.93. The molecule has 5 nitrogen and oxygen atoms in total. The number of hydrogen-bond donors (Lipinski definition) is 1. The van der Waals surface area contributed by atoms with E-state index in [9.17, 15) is 4.79 Å². The van der Waals surface area contributed by atoms with Gasteiger partial charge in [0.1, 0.15) is 5.82 Å². The molecule has 0 radical (unpaired) electrons. The molecule has 3 aromatic rings. The number of aromatic nitrogens is 3.